The van der Waals surface area contributed by atoms with Crippen LogP contribution in [0.1, 0.15) is 155 Å². The van der Waals surface area contributed by atoms with Crippen LogP contribution in [0.4, 0.5) is 0 Å². The van der Waals surface area contributed by atoms with Gasteiger partial charge in [0, 0.05) is 6.42 Å². The lowest BCUT2D eigenvalue weighted by Gasteiger charge is -2.40. The Morgan fingerprint density at radius 1 is 0.574 bits per heavy atom. The predicted molar refractivity (Wildman–Crippen MR) is 253 cm³/mol. The second-order valence-electron chi connectivity index (χ2n) is 15.8. The monoisotopic (exact) mass is 852 g/mol. The summed E-state index contributed by atoms with van der Waals surface area (Å²) < 4.78 is 11.2. The average molecular weight is 852 g/mol. The van der Waals surface area contributed by atoms with Crippen LogP contribution >= 0.6 is 0 Å². The minimum atomic E-state index is -1.58. The van der Waals surface area contributed by atoms with Crippen molar-refractivity contribution in [2.75, 3.05) is 13.2 Å². The van der Waals surface area contributed by atoms with Gasteiger partial charge in [0.25, 0.3) is 0 Å². The second-order valence-corrected chi connectivity index (χ2v) is 15.8. The lowest BCUT2D eigenvalue weighted by Crippen LogP contribution is -2.60. The first-order valence-corrected chi connectivity index (χ1v) is 23.6. The van der Waals surface area contributed by atoms with Crippen LogP contribution in [0, 0.1) is 0 Å². The maximum absolute atomic E-state index is 13.0. The molecule has 9 nitrogen and oxygen atoms in total. The summed E-state index contributed by atoms with van der Waals surface area (Å²) in [5.41, 5.74) is 0. The average Bonchev–Trinajstić information content (AvgIpc) is 3.26. The number of unbranched alkanes of at least 4 members (excludes halogenated alkanes) is 11. The lowest BCUT2D eigenvalue weighted by molar-refractivity contribution is -0.302. The molecule has 0 aliphatic carbocycles. The van der Waals surface area contributed by atoms with Crippen molar-refractivity contribution in [1.29, 1.82) is 0 Å². The Bertz CT molecular complexity index is 1310. The topological polar surface area (TPSA) is 149 Å². The molecule has 1 amide bonds. The van der Waals surface area contributed by atoms with Crippen molar-refractivity contribution in [3.8, 4) is 0 Å². The maximum atomic E-state index is 13.0. The fourth-order valence-corrected chi connectivity index (χ4v) is 6.54. The minimum absolute atomic E-state index is 0.213. The Balaban J connectivity index is 2.35. The summed E-state index contributed by atoms with van der Waals surface area (Å²) in [6.45, 7) is 3.56. The smallest absolute Gasteiger partial charge is 0.220 e. The van der Waals surface area contributed by atoms with Gasteiger partial charge in [0.2, 0.25) is 5.91 Å². The van der Waals surface area contributed by atoms with Crippen LogP contribution in [-0.2, 0) is 14.3 Å². The van der Waals surface area contributed by atoms with E-state index < -0.39 is 49.5 Å². The largest absolute Gasteiger partial charge is 0.394 e. The summed E-state index contributed by atoms with van der Waals surface area (Å²) in [5, 5.41) is 54.1. The highest BCUT2D eigenvalue weighted by atomic mass is 16.7. The zero-order valence-electron chi connectivity index (χ0n) is 37.9. The van der Waals surface area contributed by atoms with Crippen LogP contribution in [0.5, 0.6) is 0 Å². The molecule has 1 aliphatic rings. The highest BCUT2D eigenvalue weighted by Gasteiger charge is 2.44. The molecule has 9 heteroatoms. The summed E-state index contributed by atoms with van der Waals surface area (Å²) in [6, 6.07) is -0.843. The van der Waals surface area contributed by atoms with E-state index in [2.05, 4.69) is 116 Å². The minimum Gasteiger partial charge on any atom is -0.394 e. The van der Waals surface area contributed by atoms with Crippen LogP contribution in [0.15, 0.2) is 109 Å². The Kier molecular flexibility index (Phi) is 37.5. The van der Waals surface area contributed by atoms with Crippen molar-refractivity contribution in [3.63, 3.8) is 0 Å². The van der Waals surface area contributed by atoms with E-state index in [1.165, 1.54) is 19.3 Å². The SMILES string of the molecule is CC/C=C\C/C=C\C/C=C\C/C=C\C/C=C\C/C=C\CCCCCCCCC(=O)NC(COC1OC(CO)C(O)C(O)C1O)C(O)/C=C/CC/C=C/CC/C=C/CCCCC. The Hall–Kier alpha value is -3.15. The number of carbonyl (C=O) groups excluding carboxylic acids is 1. The molecule has 0 bridgehead atoms. The summed E-state index contributed by atoms with van der Waals surface area (Å²) in [6.07, 6.45) is 52.7. The van der Waals surface area contributed by atoms with E-state index >= 15 is 0 Å². The molecule has 7 atom stereocenters. The number of ether oxygens (including phenoxy) is 2. The fraction of sp³-hybridized carbons (Fsp3) is 0.635. The Morgan fingerprint density at radius 3 is 1.57 bits per heavy atom. The molecule has 0 radical (unpaired) electrons. The standard InChI is InChI=1S/C52H85NO8/c1-3-5-7-9-11-13-15-17-18-19-20-21-22-23-24-25-26-27-28-30-32-34-36-38-40-42-48(56)53-45(44-60-52-51(59)50(58)49(57)47(43-54)61-52)46(55)41-39-37-35-33-31-29-16-14-12-10-8-6-4-2/h5,7,11-14,17-18,20-21,23-24,26-27,31,33,39,41,45-47,49-52,54-55,57-59H,3-4,6,8-10,15-16,19,22,25,28-30,32,34-38,40,42-44H2,1-2H3,(H,53,56)/b7-5-,13-11-,14-12+,18-17-,21-20-,24-23-,27-26-,33-31+,41-39+. The zero-order valence-corrected chi connectivity index (χ0v) is 37.9. The molecule has 1 fully saturated rings. The van der Waals surface area contributed by atoms with Crippen molar-refractivity contribution >= 4 is 5.91 Å². The summed E-state index contributed by atoms with van der Waals surface area (Å²) in [7, 11) is 0. The van der Waals surface area contributed by atoms with E-state index in [-0.39, 0.29) is 12.5 Å². The molecule has 0 aromatic heterocycles. The number of nitrogens with one attached hydrogen (secondary N) is 1. The van der Waals surface area contributed by atoms with Gasteiger partial charge in [0.05, 0.1) is 25.4 Å². The number of aliphatic hydroxyl groups is 5. The molecule has 1 aliphatic heterocycles. The van der Waals surface area contributed by atoms with Gasteiger partial charge in [-0.3, -0.25) is 4.79 Å². The van der Waals surface area contributed by atoms with Gasteiger partial charge in [-0.05, 0) is 96.3 Å². The number of allylic oxidation sites excluding steroid dienone is 17. The first-order valence-electron chi connectivity index (χ1n) is 23.6. The normalized spacial score (nSPS) is 21.5. The van der Waals surface area contributed by atoms with Crippen LogP contribution in [0.2, 0.25) is 0 Å². The van der Waals surface area contributed by atoms with E-state index in [9.17, 15) is 30.3 Å². The molecular formula is C52H85NO8. The van der Waals surface area contributed by atoms with Gasteiger partial charge in [-0.1, -0.05) is 162 Å². The molecule has 0 aromatic rings. The molecule has 1 rings (SSSR count). The molecule has 61 heavy (non-hydrogen) atoms. The molecule has 7 unspecified atom stereocenters. The third kappa shape index (κ3) is 31.4. The maximum Gasteiger partial charge on any atom is 0.220 e. The first-order chi connectivity index (χ1) is 29.8. The third-order valence-corrected chi connectivity index (χ3v) is 10.3. The van der Waals surface area contributed by atoms with Gasteiger partial charge in [0.15, 0.2) is 6.29 Å². The van der Waals surface area contributed by atoms with E-state index in [1.807, 2.05) is 6.08 Å². The van der Waals surface area contributed by atoms with Gasteiger partial charge < -0.3 is 40.3 Å². The van der Waals surface area contributed by atoms with Gasteiger partial charge in [-0.15, -0.1) is 0 Å². The number of rotatable bonds is 37. The molecule has 1 saturated heterocycles. The first kappa shape index (κ1) is 55.9. The van der Waals surface area contributed by atoms with Gasteiger partial charge in [0.1, 0.15) is 24.4 Å². The van der Waals surface area contributed by atoms with E-state index in [0.29, 0.717) is 6.42 Å². The second kappa shape index (κ2) is 40.9. The highest BCUT2D eigenvalue weighted by molar-refractivity contribution is 5.76. The number of hydrogen-bond donors (Lipinski definition) is 6. The van der Waals surface area contributed by atoms with Crippen LogP contribution < -0.4 is 5.32 Å². The predicted octanol–water partition coefficient (Wildman–Crippen LogP) is 10.3. The molecule has 1 heterocycles. The lowest BCUT2D eigenvalue weighted by atomic mass is 9.99. The van der Waals surface area contributed by atoms with Gasteiger partial charge in [-0.25, -0.2) is 0 Å². The zero-order chi connectivity index (χ0) is 44.4. The van der Waals surface area contributed by atoms with Crippen molar-refractivity contribution in [3.05, 3.63) is 109 Å². The van der Waals surface area contributed by atoms with Crippen molar-refractivity contribution < 1.29 is 39.8 Å². The van der Waals surface area contributed by atoms with Crippen molar-refractivity contribution in [2.45, 2.75) is 198 Å². The highest BCUT2D eigenvalue weighted by Crippen LogP contribution is 2.22. The molecule has 0 aromatic carbocycles. The third-order valence-electron chi connectivity index (χ3n) is 10.3. The number of aliphatic hydroxyl groups excluding tert-OH is 5. The number of amides is 1. The summed E-state index contributed by atoms with van der Waals surface area (Å²) in [5.74, 6) is -0.213. The molecule has 346 valence electrons. The Labute approximate surface area is 370 Å². The van der Waals surface area contributed by atoms with Gasteiger partial charge >= 0.3 is 0 Å². The van der Waals surface area contributed by atoms with E-state index in [1.54, 1.807) is 6.08 Å². The van der Waals surface area contributed by atoms with E-state index in [4.69, 9.17) is 9.47 Å². The number of carbonyl (C=O) groups is 1. The number of hydrogen-bond acceptors (Lipinski definition) is 8. The van der Waals surface area contributed by atoms with E-state index in [0.717, 1.165) is 116 Å². The van der Waals surface area contributed by atoms with Crippen LogP contribution in [-0.4, -0.2) is 87.5 Å². The van der Waals surface area contributed by atoms with Crippen molar-refractivity contribution in [2.24, 2.45) is 0 Å². The molecular weight excluding hydrogens is 767 g/mol. The van der Waals surface area contributed by atoms with Crippen LogP contribution in [0.3, 0.4) is 0 Å². The quantitative estimate of drug-likeness (QED) is 0.0267. The summed E-state index contributed by atoms with van der Waals surface area (Å²) in [4.78, 5) is 13.0. The van der Waals surface area contributed by atoms with Gasteiger partial charge in [-0.2, -0.15) is 0 Å². The molecule has 0 spiro atoms. The van der Waals surface area contributed by atoms with Crippen molar-refractivity contribution in [1.82, 2.24) is 5.32 Å². The molecule has 6 N–H and O–H groups in total. The summed E-state index contributed by atoms with van der Waals surface area (Å²) >= 11 is 0. The Morgan fingerprint density at radius 2 is 1.03 bits per heavy atom. The fourth-order valence-electron chi connectivity index (χ4n) is 6.54. The van der Waals surface area contributed by atoms with Crippen LogP contribution in [0.25, 0.3) is 0 Å². The molecule has 0 saturated carbocycles.